The van der Waals surface area contributed by atoms with Gasteiger partial charge in [-0.1, -0.05) is 50.3 Å². The van der Waals surface area contributed by atoms with E-state index in [0.717, 1.165) is 46.0 Å². The molecule has 0 saturated carbocycles. The van der Waals surface area contributed by atoms with Gasteiger partial charge in [0.25, 0.3) is 0 Å². The molecule has 5 rings (SSSR count). The summed E-state index contributed by atoms with van der Waals surface area (Å²) >= 11 is 0. The third-order valence-electron chi connectivity index (χ3n) is 5.96. The summed E-state index contributed by atoms with van der Waals surface area (Å²) in [5, 5.41) is 16.7. The second-order valence-corrected chi connectivity index (χ2v) is 8.20. The number of hydrogen-bond acceptors (Lipinski definition) is 3. The van der Waals surface area contributed by atoms with Gasteiger partial charge in [0.15, 0.2) is 0 Å². The number of aromatic nitrogens is 4. The molecule has 0 fully saturated rings. The van der Waals surface area contributed by atoms with Crippen LogP contribution in [-0.2, 0) is 6.42 Å². The van der Waals surface area contributed by atoms with E-state index in [4.69, 9.17) is 5.26 Å². The van der Waals surface area contributed by atoms with Crippen LogP contribution < -0.4 is 0 Å². The van der Waals surface area contributed by atoms with E-state index in [1.165, 1.54) is 16.7 Å². The summed E-state index contributed by atoms with van der Waals surface area (Å²) in [6.45, 7) is 6.30. The zero-order chi connectivity index (χ0) is 24.6. The lowest BCUT2D eigenvalue weighted by molar-refractivity contribution is 1.09. The Morgan fingerprint density at radius 3 is 2.74 bits per heavy atom. The molecule has 5 aromatic rings. The van der Waals surface area contributed by atoms with Crippen LogP contribution in [0.3, 0.4) is 0 Å². The maximum Gasteiger partial charge on any atom is 0.100 e. The molecule has 2 aromatic heterocycles. The van der Waals surface area contributed by atoms with Crippen molar-refractivity contribution in [1.82, 2.24) is 19.7 Å². The molecule has 0 amide bonds. The minimum absolute atomic E-state index is 0.749. The van der Waals surface area contributed by atoms with Gasteiger partial charge in [0, 0.05) is 11.1 Å². The third kappa shape index (κ3) is 5.39. The van der Waals surface area contributed by atoms with Crippen molar-refractivity contribution >= 4 is 27.5 Å². The van der Waals surface area contributed by atoms with E-state index < -0.39 is 0 Å². The molecule has 174 valence electrons. The number of aryl methyl sites for hydroxylation is 1. The second kappa shape index (κ2) is 11.1. The van der Waals surface area contributed by atoms with Crippen LogP contribution in [0.1, 0.15) is 43.9 Å². The maximum absolute atomic E-state index is 8.51. The van der Waals surface area contributed by atoms with Crippen molar-refractivity contribution in [3.63, 3.8) is 0 Å². The second-order valence-electron chi connectivity index (χ2n) is 8.20. The number of nitrogens with zero attached hydrogens (tertiary/aromatic N) is 4. The number of hydrogen-bond donors (Lipinski definition) is 1. The van der Waals surface area contributed by atoms with Gasteiger partial charge in [-0.2, -0.15) is 10.4 Å². The molecule has 0 aliphatic carbocycles. The van der Waals surface area contributed by atoms with Crippen LogP contribution in [0.2, 0.25) is 0 Å². The van der Waals surface area contributed by atoms with Crippen LogP contribution in [0, 0.1) is 11.3 Å². The number of rotatable bonds is 5. The highest BCUT2D eigenvalue weighted by Gasteiger charge is 2.08. The highest BCUT2D eigenvalue weighted by molar-refractivity contribution is 5.85. The average Bonchev–Trinajstić information content (AvgIpc) is 3.56. The molecule has 5 heteroatoms. The molecule has 1 N–H and O–H groups in total. The maximum atomic E-state index is 8.51. The van der Waals surface area contributed by atoms with Gasteiger partial charge in [-0.05, 0) is 78.9 Å². The number of aromatic amines is 1. The van der Waals surface area contributed by atoms with E-state index in [-0.39, 0.29) is 0 Å². The Labute approximate surface area is 206 Å². The van der Waals surface area contributed by atoms with Gasteiger partial charge in [0.1, 0.15) is 6.33 Å². The summed E-state index contributed by atoms with van der Waals surface area (Å²) in [6, 6.07) is 22.5. The van der Waals surface area contributed by atoms with E-state index in [2.05, 4.69) is 94.3 Å². The standard InChI is InChI=1S/C21H20N4.C9H9N/c1-3-5-6-15(4-2)16-8-10-19-21(11-16)25(14-22-19)18-9-7-17-13-23-24-20(17)12-18;1-2-8-4-3-5-9(6-8)7-10/h3,5-14H,4H2,1-2H3,(H,23,24);3-6H,2H2,1H3/b5-3-,15-6+;. The molecule has 0 bridgehead atoms. The molecule has 0 unspecified atom stereocenters. The Kier molecular flexibility index (Phi) is 7.54. The molecule has 0 aliphatic rings. The molecular weight excluding hydrogens is 430 g/mol. The van der Waals surface area contributed by atoms with E-state index in [1.54, 1.807) is 0 Å². The van der Waals surface area contributed by atoms with Crippen LogP contribution >= 0.6 is 0 Å². The fourth-order valence-corrected chi connectivity index (χ4v) is 3.98. The van der Waals surface area contributed by atoms with E-state index in [0.29, 0.717) is 0 Å². The van der Waals surface area contributed by atoms with Crippen molar-refractivity contribution in [3.8, 4) is 11.8 Å². The Hall–Kier alpha value is -4.43. The fourth-order valence-electron chi connectivity index (χ4n) is 3.98. The van der Waals surface area contributed by atoms with Gasteiger partial charge >= 0.3 is 0 Å². The Morgan fingerprint density at radius 1 is 1.09 bits per heavy atom. The van der Waals surface area contributed by atoms with Crippen LogP contribution in [0.4, 0.5) is 0 Å². The summed E-state index contributed by atoms with van der Waals surface area (Å²) in [5.41, 5.74) is 8.73. The fraction of sp³-hybridized carbons (Fsp3) is 0.167. The lowest BCUT2D eigenvalue weighted by Gasteiger charge is -2.08. The normalized spacial score (nSPS) is 11.5. The topological polar surface area (TPSA) is 70.3 Å². The quantitative estimate of drug-likeness (QED) is 0.279. The number of nitrogens with one attached hydrogen (secondary N) is 1. The average molecular weight is 460 g/mol. The number of H-pyrrole nitrogens is 1. The first kappa shape index (κ1) is 23.7. The summed E-state index contributed by atoms with van der Waals surface area (Å²) in [7, 11) is 0. The van der Waals surface area contributed by atoms with Crippen LogP contribution in [0.25, 0.3) is 33.2 Å². The molecular formula is C30H29N5. The largest absolute Gasteiger partial charge is 0.299 e. The lowest BCUT2D eigenvalue weighted by atomic mass is 10.0. The van der Waals surface area contributed by atoms with Crippen molar-refractivity contribution in [2.75, 3.05) is 0 Å². The molecule has 35 heavy (non-hydrogen) atoms. The zero-order valence-electron chi connectivity index (χ0n) is 20.4. The highest BCUT2D eigenvalue weighted by atomic mass is 15.1. The van der Waals surface area contributed by atoms with Gasteiger partial charge < -0.3 is 0 Å². The monoisotopic (exact) mass is 459 g/mol. The van der Waals surface area contributed by atoms with Gasteiger partial charge in [0.2, 0.25) is 0 Å². The number of imidazole rings is 1. The molecule has 0 atom stereocenters. The van der Waals surface area contributed by atoms with Gasteiger partial charge in [-0.3, -0.25) is 9.67 Å². The molecule has 3 aromatic carbocycles. The Bertz CT molecular complexity index is 1540. The molecule has 0 saturated heterocycles. The Morgan fingerprint density at radius 2 is 1.97 bits per heavy atom. The summed E-state index contributed by atoms with van der Waals surface area (Å²) in [6.07, 6.45) is 12.0. The first-order valence-corrected chi connectivity index (χ1v) is 11.9. The predicted molar refractivity (Wildman–Crippen MR) is 144 cm³/mol. The van der Waals surface area contributed by atoms with Gasteiger partial charge in [-0.25, -0.2) is 4.98 Å². The first-order chi connectivity index (χ1) is 17.2. The summed E-state index contributed by atoms with van der Waals surface area (Å²) in [4.78, 5) is 4.55. The van der Waals surface area contributed by atoms with Crippen molar-refractivity contribution in [2.45, 2.75) is 33.6 Å². The van der Waals surface area contributed by atoms with Gasteiger partial charge in [-0.15, -0.1) is 0 Å². The van der Waals surface area contributed by atoms with E-state index >= 15 is 0 Å². The number of fused-ring (bicyclic) bond motifs is 2. The zero-order valence-corrected chi connectivity index (χ0v) is 20.4. The van der Waals surface area contributed by atoms with Crippen molar-refractivity contribution in [1.29, 1.82) is 5.26 Å². The number of allylic oxidation sites excluding steroid dienone is 4. The van der Waals surface area contributed by atoms with Crippen molar-refractivity contribution in [2.24, 2.45) is 0 Å². The Balaban J connectivity index is 0.000000243. The molecule has 0 spiro atoms. The minimum atomic E-state index is 0.749. The highest BCUT2D eigenvalue weighted by Crippen LogP contribution is 2.26. The number of benzene rings is 3. The van der Waals surface area contributed by atoms with Crippen molar-refractivity contribution in [3.05, 3.63) is 108 Å². The van der Waals surface area contributed by atoms with E-state index in [9.17, 15) is 0 Å². The SMILES string of the molecule is C/C=C\C=C(/CC)c1ccc2ncn(-c3ccc4cn[nH]c4c3)c2c1.CCc1cccc(C#N)c1. The first-order valence-electron chi connectivity index (χ1n) is 11.9. The lowest BCUT2D eigenvalue weighted by Crippen LogP contribution is -1.93. The minimum Gasteiger partial charge on any atom is -0.299 e. The summed E-state index contributed by atoms with van der Waals surface area (Å²) < 4.78 is 2.13. The van der Waals surface area contributed by atoms with Crippen LogP contribution in [0.15, 0.2) is 91.4 Å². The summed E-state index contributed by atoms with van der Waals surface area (Å²) in [5.74, 6) is 0. The molecule has 0 radical (unpaired) electrons. The molecule has 2 heterocycles. The third-order valence-corrected chi connectivity index (χ3v) is 5.96. The molecule has 5 nitrogen and oxygen atoms in total. The molecule has 0 aliphatic heterocycles. The van der Waals surface area contributed by atoms with Crippen LogP contribution in [0.5, 0.6) is 0 Å². The van der Waals surface area contributed by atoms with Crippen molar-refractivity contribution < 1.29 is 0 Å². The van der Waals surface area contributed by atoms with Crippen LogP contribution in [-0.4, -0.2) is 19.7 Å². The number of nitriles is 1. The smallest absolute Gasteiger partial charge is 0.100 e. The van der Waals surface area contributed by atoms with E-state index in [1.807, 2.05) is 43.7 Å². The predicted octanol–water partition coefficient (Wildman–Crippen LogP) is 7.39. The van der Waals surface area contributed by atoms with Gasteiger partial charge in [0.05, 0.1) is 34.4 Å².